The van der Waals surface area contributed by atoms with Gasteiger partial charge in [-0.05, 0) is 18.6 Å². The van der Waals surface area contributed by atoms with Gasteiger partial charge in [0.2, 0.25) is 5.82 Å². The summed E-state index contributed by atoms with van der Waals surface area (Å²) in [6.45, 7) is 2.29. The number of anilines is 1. The van der Waals surface area contributed by atoms with E-state index in [-0.39, 0.29) is 24.7 Å². The van der Waals surface area contributed by atoms with Crippen LogP contribution < -0.4 is 5.32 Å². The molecule has 0 bridgehead atoms. The van der Waals surface area contributed by atoms with Crippen LogP contribution in [0.3, 0.4) is 0 Å². The van der Waals surface area contributed by atoms with Crippen molar-refractivity contribution in [3.8, 4) is 0 Å². The van der Waals surface area contributed by atoms with Gasteiger partial charge in [-0.15, -0.1) is 0 Å². The molecule has 7 heteroatoms. The van der Waals surface area contributed by atoms with Gasteiger partial charge in [0, 0.05) is 18.3 Å². The first kappa shape index (κ1) is 16.9. The van der Waals surface area contributed by atoms with Crippen molar-refractivity contribution in [3.63, 3.8) is 0 Å². The van der Waals surface area contributed by atoms with E-state index in [1.807, 2.05) is 30.3 Å². The molecule has 0 saturated carbocycles. The summed E-state index contributed by atoms with van der Waals surface area (Å²) in [7, 11) is 0. The SMILES string of the molecule is Cc1ccnc(NCC(O)COCc2ccccc2)c1[N+](=O)[O-]. The minimum atomic E-state index is -0.791. The lowest BCUT2D eigenvalue weighted by Crippen LogP contribution is -2.25. The third-order valence-corrected chi connectivity index (χ3v) is 3.24. The normalized spacial score (nSPS) is 11.9. The van der Waals surface area contributed by atoms with Crippen LogP contribution in [0.2, 0.25) is 0 Å². The molecule has 7 nitrogen and oxygen atoms in total. The molecule has 1 atom stereocenters. The minimum Gasteiger partial charge on any atom is -0.389 e. The van der Waals surface area contributed by atoms with Crippen LogP contribution in [0.5, 0.6) is 0 Å². The summed E-state index contributed by atoms with van der Waals surface area (Å²) >= 11 is 0. The molecular formula is C16H19N3O4. The molecule has 0 saturated heterocycles. The largest absolute Gasteiger partial charge is 0.389 e. The maximum atomic E-state index is 11.1. The van der Waals surface area contributed by atoms with Gasteiger partial charge in [0.25, 0.3) is 0 Å². The highest BCUT2D eigenvalue weighted by molar-refractivity contribution is 5.59. The zero-order valence-electron chi connectivity index (χ0n) is 12.8. The molecule has 2 rings (SSSR count). The van der Waals surface area contributed by atoms with Crippen molar-refractivity contribution >= 4 is 11.5 Å². The predicted octanol–water partition coefficient (Wildman–Crippen LogP) is 2.29. The van der Waals surface area contributed by atoms with Crippen LogP contribution in [0.4, 0.5) is 11.5 Å². The van der Waals surface area contributed by atoms with Crippen molar-refractivity contribution in [2.75, 3.05) is 18.5 Å². The van der Waals surface area contributed by atoms with Gasteiger partial charge in [-0.1, -0.05) is 30.3 Å². The zero-order chi connectivity index (χ0) is 16.7. The standard InChI is InChI=1S/C16H19N3O4/c1-12-7-8-17-16(15(12)19(21)22)18-9-14(20)11-23-10-13-5-3-2-4-6-13/h2-8,14,20H,9-11H2,1H3,(H,17,18). The van der Waals surface area contributed by atoms with E-state index < -0.39 is 11.0 Å². The first-order valence-electron chi connectivity index (χ1n) is 7.21. The summed E-state index contributed by atoms with van der Waals surface area (Å²) < 4.78 is 5.43. The Hall–Kier alpha value is -2.51. The second-order valence-electron chi connectivity index (χ2n) is 5.12. The molecule has 0 fully saturated rings. The van der Waals surface area contributed by atoms with Crippen molar-refractivity contribution in [3.05, 3.63) is 63.8 Å². The summed E-state index contributed by atoms with van der Waals surface area (Å²) in [4.78, 5) is 14.5. The van der Waals surface area contributed by atoms with E-state index in [4.69, 9.17) is 4.74 Å². The van der Waals surface area contributed by atoms with Gasteiger partial charge in [-0.2, -0.15) is 0 Å². The Morgan fingerprint density at radius 1 is 1.35 bits per heavy atom. The number of aliphatic hydroxyl groups is 1. The summed E-state index contributed by atoms with van der Waals surface area (Å²) in [5.41, 5.74) is 1.45. The monoisotopic (exact) mass is 317 g/mol. The number of aliphatic hydroxyl groups excluding tert-OH is 1. The van der Waals surface area contributed by atoms with Crippen molar-refractivity contribution in [2.45, 2.75) is 19.6 Å². The minimum absolute atomic E-state index is 0.0788. The number of nitrogens with zero attached hydrogens (tertiary/aromatic N) is 2. The van der Waals surface area contributed by atoms with Gasteiger partial charge in [0.05, 0.1) is 24.2 Å². The molecule has 1 aromatic heterocycles. The molecule has 0 amide bonds. The molecular weight excluding hydrogens is 298 g/mol. The molecule has 0 aliphatic heterocycles. The van der Waals surface area contributed by atoms with Crippen molar-refractivity contribution in [1.29, 1.82) is 0 Å². The number of aryl methyl sites for hydroxylation is 1. The fraction of sp³-hybridized carbons (Fsp3) is 0.312. The number of hydrogen-bond acceptors (Lipinski definition) is 6. The Morgan fingerprint density at radius 2 is 2.09 bits per heavy atom. The highest BCUT2D eigenvalue weighted by Gasteiger charge is 2.18. The van der Waals surface area contributed by atoms with E-state index in [1.165, 1.54) is 6.20 Å². The molecule has 122 valence electrons. The first-order valence-corrected chi connectivity index (χ1v) is 7.21. The Bertz CT molecular complexity index is 649. The molecule has 0 radical (unpaired) electrons. The summed E-state index contributed by atoms with van der Waals surface area (Å²) in [5.74, 6) is 0.150. The highest BCUT2D eigenvalue weighted by atomic mass is 16.6. The average molecular weight is 317 g/mol. The molecule has 23 heavy (non-hydrogen) atoms. The summed E-state index contributed by atoms with van der Waals surface area (Å²) in [6.07, 6.45) is 0.698. The molecule has 1 aromatic carbocycles. The third-order valence-electron chi connectivity index (χ3n) is 3.24. The lowest BCUT2D eigenvalue weighted by atomic mass is 10.2. The second-order valence-corrected chi connectivity index (χ2v) is 5.12. The van der Waals surface area contributed by atoms with Crippen LogP contribution in [0.15, 0.2) is 42.6 Å². The van der Waals surface area contributed by atoms with Crippen LogP contribution in [0.1, 0.15) is 11.1 Å². The van der Waals surface area contributed by atoms with Gasteiger partial charge in [-0.3, -0.25) is 10.1 Å². The number of aromatic nitrogens is 1. The van der Waals surface area contributed by atoms with Crippen LogP contribution in [-0.2, 0) is 11.3 Å². The predicted molar refractivity (Wildman–Crippen MR) is 86.2 cm³/mol. The Kier molecular flexibility index (Phi) is 6.02. The van der Waals surface area contributed by atoms with Crippen LogP contribution in [0, 0.1) is 17.0 Å². The third kappa shape index (κ3) is 5.01. The summed E-state index contributed by atoms with van der Waals surface area (Å²) in [5, 5.41) is 23.8. The number of ether oxygens (including phenoxy) is 1. The smallest absolute Gasteiger partial charge is 0.314 e. The number of pyridine rings is 1. The molecule has 0 spiro atoms. The number of nitrogens with one attached hydrogen (secondary N) is 1. The van der Waals surface area contributed by atoms with E-state index in [0.29, 0.717) is 12.2 Å². The second kappa shape index (κ2) is 8.21. The van der Waals surface area contributed by atoms with E-state index in [0.717, 1.165) is 5.56 Å². The zero-order valence-corrected chi connectivity index (χ0v) is 12.8. The van der Waals surface area contributed by atoms with Gasteiger partial charge in [0.15, 0.2) is 0 Å². The quantitative estimate of drug-likeness (QED) is 0.572. The van der Waals surface area contributed by atoms with E-state index >= 15 is 0 Å². The molecule has 0 aliphatic carbocycles. The topological polar surface area (TPSA) is 97.5 Å². The Morgan fingerprint density at radius 3 is 2.78 bits per heavy atom. The van der Waals surface area contributed by atoms with E-state index in [9.17, 15) is 15.2 Å². The molecule has 2 N–H and O–H groups in total. The van der Waals surface area contributed by atoms with Crippen molar-refractivity contribution in [2.24, 2.45) is 0 Å². The lowest BCUT2D eigenvalue weighted by Gasteiger charge is -2.13. The van der Waals surface area contributed by atoms with Crippen molar-refractivity contribution < 1.29 is 14.8 Å². The number of hydrogen-bond donors (Lipinski definition) is 2. The number of benzene rings is 1. The summed E-state index contributed by atoms with van der Waals surface area (Å²) in [6, 6.07) is 11.2. The van der Waals surface area contributed by atoms with E-state index in [1.54, 1.807) is 13.0 Å². The van der Waals surface area contributed by atoms with Crippen LogP contribution >= 0.6 is 0 Å². The Labute approximate surface area is 134 Å². The number of nitro groups is 1. The fourth-order valence-corrected chi connectivity index (χ4v) is 2.07. The van der Waals surface area contributed by atoms with Crippen LogP contribution in [-0.4, -0.2) is 34.3 Å². The Balaban J connectivity index is 1.82. The fourth-order valence-electron chi connectivity index (χ4n) is 2.07. The maximum Gasteiger partial charge on any atom is 0.314 e. The molecule has 2 aromatic rings. The number of rotatable bonds is 8. The van der Waals surface area contributed by atoms with E-state index in [2.05, 4.69) is 10.3 Å². The van der Waals surface area contributed by atoms with Gasteiger partial charge < -0.3 is 15.2 Å². The van der Waals surface area contributed by atoms with Crippen molar-refractivity contribution in [1.82, 2.24) is 4.98 Å². The molecule has 0 aliphatic rings. The lowest BCUT2D eigenvalue weighted by molar-refractivity contribution is -0.384. The molecule has 1 unspecified atom stereocenters. The average Bonchev–Trinajstić information content (AvgIpc) is 2.53. The molecule has 1 heterocycles. The van der Waals surface area contributed by atoms with Gasteiger partial charge in [0.1, 0.15) is 0 Å². The maximum absolute atomic E-state index is 11.1. The highest BCUT2D eigenvalue weighted by Crippen LogP contribution is 2.25. The first-order chi connectivity index (χ1) is 11.1. The van der Waals surface area contributed by atoms with Crippen LogP contribution in [0.25, 0.3) is 0 Å². The van der Waals surface area contributed by atoms with Gasteiger partial charge >= 0.3 is 5.69 Å². The van der Waals surface area contributed by atoms with Gasteiger partial charge in [-0.25, -0.2) is 4.98 Å².